The van der Waals surface area contributed by atoms with E-state index in [0.717, 1.165) is 6.07 Å². The summed E-state index contributed by atoms with van der Waals surface area (Å²) in [5, 5.41) is 5.20. The first-order valence-corrected chi connectivity index (χ1v) is 8.05. The van der Waals surface area contributed by atoms with Crippen LogP contribution < -0.4 is 10.6 Å². The summed E-state index contributed by atoms with van der Waals surface area (Å²) in [6.45, 7) is -1.01. The van der Waals surface area contributed by atoms with E-state index in [9.17, 15) is 18.8 Å². The molecule has 0 spiro atoms. The first-order chi connectivity index (χ1) is 12.3. The Hall–Kier alpha value is -2.64. The van der Waals surface area contributed by atoms with Gasteiger partial charge in [-0.15, -0.1) is 0 Å². The third kappa shape index (κ3) is 6.02. The molecule has 0 aliphatic heterocycles. The molecule has 0 aliphatic rings. The van der Waals surface area contributed by atoms with E-state index in [-0.39, 0.29) is 16.3 Å². The number of carbonyl (C=O) groups is 3. The van der Waals surface area contributed by atoms with Gasteiger partial charge in [-0.05, 0) is 36.4 Å². The number of hydrogen-bond acceptors (Lipinski definition) is 4. The zero-order chi connectivity index (χ0) is 19.1. The van der Waals surface area contributed by atoms with E-state index in [2.05, 4.69) is 10.6 Å². The molecule has 0 heterocycles. The van der Waals surface area contributed by atoms with E-state index in [4.69, 9.17) is 27.9 Å². The Kier molecular flexibility index (Phi) is 6.94. The van der Waals surface area contributed by atoms with Crippen LogP contribution >= 0.6 is 23.2 Å². The van der Waals surface area contributed by atoms with Gasteiger partial charge in [0, 0.05) is 11.3 Å². The van der Waals surface area contributed by atoms with E-state index in [1.54, 1.807) is 0 Å². The number of rotatable bonds is 6. The van der Waals surface area contributed by atoms with Gasteiger partial charge in [0.15, 0.2) is 6.61 Å². The minimum absolute atomic E-state index is 0.205. The Balaban J connectivity index is 1.75. The molecule has 136 valence electrons. The van der Waals surface area contributed by atoms with E-state index < -0.39 is 36.8 Å². The van der Waals surface area contributed by atoms with Gasteiger partial charge in [0.05, 0.1) is 10.0 Å². The molecule has 9 heteroatoms. The van der Waals surface area contributed by atoms with Crippen molar-refractivity contribution >= 4 is 46.7 Å². The number of esters is 1. The van der Waals surface area contributed by atoms with Crippen LogP contribution in [-0.4, -0.2) is 30.9 Å². The molecule has 0 saturated heterocycles. The number of benzene rings is 2. The highest BCUT2D eigenvalue weighted by molar-refractivity contribution is 6.42. The number of carbonyl (C=O) groups excluding carboxylic acids is 3. The Bertz CT molecular complexity index is 845. The van der Waals surface area contributed by atoms with Gasteiger partial charge in [-0.25, -0.2) is 4.39 Å². The quantitative estimate of drug-likeness (QED) is 0.732. The molecule has 0 atom stereocenters. The van der Waals surface area contributed by atoms with Crippen LogP contribution in [-0.2, 0) is 14.3 Å². The van der Waals surface area contributed by atoms with Crippen molar-refractivity contribution in [3.8, 4) is 0 Å². The average molecular weight is 399 g/mol. The molecule has 0 aromatic heterocycles. The molecular weight excluding hydrogens is 386 g/mol. The normalized spacial score (nSPS) is 10.1. The first-order valence-electron chi connectivity index (χ1n) is 7.29. The number of hydrogen-bond donors (Lipinski definition) is 2. The van der Waals surface area contributed by atoms with Crippen LogP contribution in [0.25, 0.3) is 0 Å². The fourth-order valence-electron chi connectivity index (χ4n) is 1.85. The van der Waals surface area contributed by atoms with E-state index in [1.807, 2.05) is 0 Å². The molecule has 0 fully saturated rings. The molecule has 2 amide bonds. The van der Waals surface area contributed by atoms with Gasteiger partial charge in [-0.3, -0.25) is 14.4 Å². The molecule has 0 saturated carbocycles. The van der Waals surface area contributed by atoms with Crippen molar-refractivity contribution in [1.29, 1.82) is 0 Å². The summed E-state index contributed by atoms with van der Waals surface area (Å²) in [7, 11) is 0. The maximum Gasteiger partial charge on any atom is 0.325 e. The Labute approximate surface area is 158 Å². The van der Waals surface area contributed by atoms with Gasteiger partial charge in [0.1, 0.15) is 12.4 Å². The minimum Gasteiger partial charge on any atom is -0.454 e. The molecule has 0 unspecified atom stereocenters. The zero-order valence-corrected chi connectivity index (χ0v) is 14.7. The van der Waals surface area contributed by atoms with Gasteiger partial charge < -0.3 is 15.4 Å². The van der Waals surface area contributed by atoms with Crippen molar-refractivity contribution in [3.63, 3.8) is 0 Å². The van der Waals surface area contributed by atoms with Crippen LogP contribution in [0.3, 0.4) is 0 Å². The lowest BCUT2D eigenvalue weighted by Crippen LogP contribution is -2.32. The van der Waals surface area contributed by atoms with E-state index in [1.165, 1.54) is 36.4 Å². The van der Waals surface area contributed by atoms with Crippen LogP contribution in [0, 0.1) is 5.82 Å². The van der Waals surface area contributed by atoms with Crippen LogP contribution in [0.4, 0.5) is 10.1 Å². The van der Waals surface area contributed by atoms with Crippen LogP contribution in [0.2, 0.25) is 10.0 Å². The topological polar surface area (TPSA) is 84.5 Å². The highest BCUT2D eigenvalue weighted by Gasteiger charge is 2.12. The zero-order valence-electron chi connectivity index (χ0n) is 13.2. The maximum atomic E-state index is 13.0. The lowest BCUT2D eigenvalue weighted by molar-refractivity contribution is -0.146. The molecular formula is C17H13Cl2FN2O4. The number of halogens is 3. The number of amides is 2. The van der Waals surface area contributed by atoms with Crippen LogP contribution in [0.5, 0.6) is 0 Å². The van der Waals surface area contributed by atoms with Crippen molar-refractivity contribution in [1.82, 2.24) is 5.32 Å². The largest absolute Gasteiger partial charge is 0.454 e. The fourth-order valence-corrected chi connectivity index (χ4v) is 2.15. The van der Waals surface area contributed by atoms with E-state index in [0.29, 0.717) is 5.02 Å². The van der Waals surface area contributed by atoms with Crippen molar-refractivity contribution in [2.24, 2.45) is 0 Å². The van der Waals surface area contributed by atoms with Crippen LogP contribution in [0.15, 0.2) is 42.5 Å². The van der Waals surface area contributed by atoms with Crippen molar-refractivity contribution in [2.75, 3.05) is 18.5 Å². The molecule has 6 nitrogen and oxygen atoms in total. The first kappa shape index (κ1) is 19.7. The van der Waals surface area contributed by atoms with Gasteiger partial charge in [-0.1, -0.05) is 29.3 Å². The summed E-state index contributed by atoms with van der Waals surface area (Å²) in [5.74, 6) is -2.51. The second kappa shape index (κ2) is 9.17. The van der Waals surface area contributed by atoms with Gasteiger partial charge in [0.2, 0.25) is 0 Å². The minimum atomic E-state index is -0.812. The van der Waals surface area contributed by atoms with Crippen molar-refractivity contribution in [2.45, 2.75) is 0 Å². The summed E-state index contributed by atoms with van der Waals surface area (Å²) in [6, 6.07) is 9.52. The van der Waals surface area contributed by atoms with Crippen LogP contribution in [0.1, 0.15) is 10.4 Å². The SMILES string of the molecule is O=C(COC(=O)CNC(=O)c1ccc(Cl)c(Cl)c1)Nc1cccc(F)c1. The molecule has 2 aromatic carbocycles. The predicted molar refractivity (Wildman–Crippen MR) is 94.8 cm³/mol. The summed E-state index contributed by atoms with van der Waals surface area (Å²) >= 11 is 11.6. The summed E-state index contributed by atoms with van der Waals surface area (Å²) in [4.78, 5) is 35.1. The van der Waals surface area contributed by atoms with Crippen molar-refractivity contribution < 1.29 is 23.5 Å². The summed E-state index contributed by atoms with van der Waals surface area (Å²) in [5.41, 5.74) is 0.454. The van der Waals surface area contributed by atoms with Gasteiger partial charge >= 0.3 is 5.97 Å². The second-order valence-corrected chi connectivity index (χ2v) is 5.85. The number of ether oxygens (including phenoxy) is 1. The molecule has 26 heavy (non-hydrogen) atoms. The number of nitrogens with one attached hydrogen (secondary N) is 2. The molecule has 0 aliphatic carbocycles. The highest BCUT2D eigenvalue weighted by Crippen LogP contribution is 2.22. The second-order valence-electron chi connectivity index (χ2n) is 5.03. The lowest BCUT2D eigenvalue weighted by atomic mass is 10.2. The Morgan fingerprint density at radius 1 is 1.04 bits per heavy atom. The summed E-state index contributed by atoms with van der Waals surface area (Å²) in [6.07, 6.45) is 0. The molecule has 0 radical (unpaired) electrons. The van der Waals surface area contributed by atoms with E-state index >= 15 is 0 Å². The third-order valence-corrected chi connectivity index (χ3v) is 3.79. The Morgan fingerprint density at radius 3 is 2.50 bits per heavy atom. The van der Waals surface area contributed by atoms with Gasteiger partial charge in [0.25, 0.3) is 11.8 Å². The molecule has 2 rings (SSSR count). The van der Waals surface area contributed by atoms with Crippen molar-refractivity contribution in [3.05, 3.63) is 63.9 Å². The maximum absolute atomic E-state index is 13.0. The molecule has 2 aromatic rings. The average Bonchev–Trinajstić information content (AvgIpc) is 2.60. The predicted octanol–water partition coefficient (Wildman–Crippen LogP) is 3.04. The summed E-state index contributed by atoms with van der Waals surface area (Å²) < 4.78 is 17.7. The smallest absolute Gasteiger partial charge is 0.325 e. The molecule has 2 N–H and O–H groups in total. The van der Waals surface area contributed by atoms with Gasteiger partial charge in [-0.2, -0.15) is 0 Å². The monoisotopic (exact) mass is 398 g/mol. The highest BCUT2D eigenvalue weighted by atomic mass is 35.5. The lowest BCUT2D eigenvalue weighted by Gasteiger charge is -2.08. The fraction of sp³-hybridized carbons (Fsp3) is 0.118. The molecule has 0 bridgehead atoms. The third-order valence-electron chi connectivity index (χ3n) is 3.05. The number of anilines is 1. The standard InChI is InChI=1S/C17H13Cl2FN2O4/c18-13-5-4-10(6-14(13)19)17(25)21-8-16(24)26-9-15(23)22-12-3-1-2-11(20)7-12/h1-7H,8-9H2,(H,21,25)(H,22,23). The Morgan fingerprint density at radius 2 is 1.81 bits per heavy atom.